The Morgan fingerprint density at radius 3 is 1.37 bits per heavy atom. The molecule has 0 radical (unpaired) electrons. The molecule has 27 heavy (non-hydrogen) atoms. The van der Waals surface area contributed by atoms with Crippen molar-refractivity contribution in [1.82, 2.24) is 0 Å². The molecular weight excluding hydrogens is 403 g/mol. The maximum atomic E-state index is 10.3. The van der Waals surface area contributed by atoms with Crippen LogP contribution in [0.5, 0.6) is 11.5 Å². The van der Waals surface area contributed by atoms with Crippen LogP contribution in [0.3, 0.4) is 0 Å². The lowest BCUT2D eigenvalue weighted by molar-refractivity contribution is 0.0686. The number of carboxylic acid groups (broad SMARTS) is 2. The zero-order valence-corrected chi connectivity index (χ0v) is 15.5. The number of rotatable bonds is 3. The number of benzene rings is 2. The van der Waals surface area contributed by atoms with Crippen molar-refractivity contribution in [2.24, 2.45) is 0 Å². The number of aliphatic hydroxyl groups is 2. The van der Waals surface area contributed by atoms with Crippen LogP contribution in [0, 0.1) is 0 Å². The normalized spacial score (nSPS) is 10.6. The van der Waals surface area contributed by atoms with Gasteiger partial charge in [0.1, 0.15) is 11.5 Å². The molecule has 0 aliphatic rings. The van der Waals surface area contributed by atoms with Gasteiger partial charge >= 0.3 is 11.9 Å². The van der Waals surface area contributed by atoms with Gasteiger partial charge < -0.3 is 30.6 Å². The summed E-state index contributed by atoms with van der Waals surface area (Å²) in [7, 11) is 0. The molecule has 0 bridgehead atoms. The number of carbonyl (C=O) groups is 2. The Kier molecular flexibility index (Phi) is 10.9. The molecule has 2 aromatic rings. The summed E-state index contributed by atoms with van der Waals surface area (Å²) in [4.78, 5) is 20.6. The van der Waals surface area contributed by atoms with Crippen LogP contribution in [0.2, 0.25) is 10.0 Å². The van der Waals surface area contributed by atoms with Crippen molar-refractivity contribution in [3.05, 3.63) is 57.6 Å². The molecule has 0 saturated carbocycles. The quantitative estimate of drug-likeness (QED) is 0.442. The standard InChI is InChI=1S/2C7H5ClO3.C3H8O2/c2*8-5-3-4(7(10)11)1-2-6(5)9;1-3(5)2-4/h2*1-3,9H,(H,10,11);3-5H,2H2,1H3. The Hall–Kier alpha value is -2.52. The summed E-state index contributed by atoms with van der Waals surface area (Å²) in [6.07, 6.45) is -0.560. The van der Waals surface area contributed by atoms with Gasteiger partial charge in [0, 0.05) is 0 Å². The smallest absolute Gasteiger partial charge is 0.335 e. The number of halogens is 2. The number of aliphatic hydroxyl groups excluding tert-OH is 2. The van der Waals surface area contributed by atoms with Gasteiger partial charge in [0.15, 0.2) is 0 Å². The molecule has 0 fully saturated rings. The minimum absolute atomic E-state index is 0.0462. The molecule has 0 spiro atoms. The molecule has 0 aliphatic carbocycles. The first-order valence-corrected chi connectivity index (χ1v) is 7.97. The molecule has 6 N–H and O–H groups in total. The van der Waals surface area contributed by atoms with Crippen molar-refractivity contribution in [3.8, 4) is 11.5 Å². The molecule has 0 amide bonds. The average molecular weight is 421 g/mol. The molecule has 2 rings (SSSR count). The van der Waals surface area contributed by atoms with Crippen LogP contribution in [0.1, 0.15) is 27.6 Å². The Bertz CT molecular complexity index is 716. The first-order valence-electron chi connectivity index (χ1n) is 7.22. The van der Waals surface area contributed by atoms with E-state index in [0.717, 1.165) is 0 Å². The van der Waals surface area contributed by atoms with E-state index in [1.54, 1.807) is 0 Å². The Morgan fingerprint density at radius 2 is 1.19 bits per heavy atom. The molecule has 0 aromatic heterocycles. The minimum atomic E-state index is -1.06. The highest BCUT2D eigenvalue weighted by Gasteiger charge is 2.05. The SMILES string of the molecule is CC(O)CO.O=C(O)c1ccc(O)c(Cl)c1.O=C(O)c1ccc(O)c(Cl)c1. The molecule has 148 valence electrons. The lowest BCUT2D eigenvalue weighted by Crippen LogP contribution is -2.03. The molecule has 0 saturated heterocycles. The fraction of sp³-hybridized carbons (Fsp3) is 0.176. The highest BCUT2D eigenvalue weighted by atomic mass is 35.5. The number of aromatic carboxylic acids is 2. The van der Waals surface area contributed by atoms with E-state index in [2.05, 4.69) is 0 Å². The van der Waals surface area contributed by atoms with Gasteiger partial charge in [-0.15, -0.1) is 0 Å². The lowest BCUT2D eigenvalue weighted by atomic mass is 10.2. The van der Waals surface area contributed by atoms with Crippen LogP contribution >= 0.6 is 23.2 Å². The third-order valence-electron chi connectivity index (χ3n) is 2.65. The first kappa shape index (κ1) is 24.5. The fourth-order valence-corrected chi connectivity index (χ4v) is 1.64. The van der Waals surface area contributed by atoms with Crippen molar-refractivity contribution in [3.63, 3.8) is 0 Å². The maximum absolute atomic E-state index is 10.3. The van der Waals surface area contributed by atoms with Crippen LogP contribution < -0.4 is 0 Å². The van der Waals surface area contributed by atoms with Crippen molar-refractivity contribution >= 4 is 35.1 Å². The fourth-order valence-electron chi connectivity index (χ4n) is 1.28. The van der Waals surface area contributed by atoms with E-state index >= 15 is 0 Å². The van der Waals surface area contributed by atoms with E-state index in [9.17, 15) is 9.59 Å². The van der Waals surface area contributed by atoms with Gasteiger partial charge in [-0.1, -0.05) is 23.2 Å². The monoisotopic (exact) mass is 420 g/mol. The minimum Gasteiger partial charge on any atom is -0.506 e. The summed E-state index contributed by atoms with van der Waals surface area (Å²) in [5, 5.41) is 50.8. The summed E-state index contributed by atoms with van der Waals surface area (Å²) in [5.74, 6) is -2.35. The van der Waals surface area contributed by atoms with E-state index in [1.165, 1.54) is 43.3 Å². The van der Waals surface area contributed by atoms with Crippen molar-refractivity contribution in [1.29, 1.82) is 0 Å². The second-order valence-corrected chi connectivity index (χ2v) is 5.79. The molecule has 0 aliphatic heterocycles. The van der Waals surface area contributed by atoms with E-state index in [0.29, 0.717) is 0 Å². The number of phenols is 2. The van der Waals surface area contributed by atoms with Crippen LogP contribution in [0.4, 0.5) is 0 Å². The average Bonchev–Trinajstić information content (AvgIpc) is 2.60. The number of hydrogen-bond acceptors (Lipinski definition) is 6. The van der Waals surface area contributed by atoms with Gasteiger partial charge in [-0.2, -0.15) is 0 Å². The number of aromatic hydroxyl groups is 2. The second-order valence-electron chi connectivity index (χ2n) is 4.97. The molecule has 1 unspecified atom stereocenters. The van der Waals surface area contributed by atoms with Gasteiger partial charge in [0.25, 0.3) is 0 Å². The van der Waals surface area contributed by atoms with E-state index in [-0.39, 0.29) is 39.3 Å². The third-order valence-corrected chi connectivity index (χ3v) is 3.26. The Labute approximate surface area is 164 Å². The van der Waals surface area contributed by atoms with Crippen LogP contribution in [0.15, 0.2) is 36.4 Å². The summed E-state index contributed by atoms with van der Waals surface area (Å²) in [6.45, 7) is 1.39. The zero-order valence-electron chi connectivity index (χ0n) is 14.0. The van der Waals surface area contributed by atoms with E-state index < -0.39 is 18.0 Å². The topological polar surface area (TPSA) is 156 Å². The summed E-state index contributed by atoms with van der Waals surface area (Å²) < 4.78 is 0. The number of hydrogen-bond donors (Lipinski definition) is 6. The van der Waals surface area contributed by atoms with Gasteiger partial charge in [-0.3, -0.25) is 0 Å². The number of carboxylic acids is 2. The predicted molar refractivity (Wildman–Crippen MR) is 98.9 cm³/mol. The molecule has 10 heteroatoms. The molecule has 2 aromatic carbocycles. The molecule has 8 nitrogen and oxygen atoms in total. The molecule has 1 atom stereocenters. The highest BCUT2D eigenvalue weighted by molar-refractivity contribution is 6.32. The maximum Gasteiger partial charge on any atom is 0.335 e. The second kappa shape index (κ2) is 12.0. The Morgan fingerprint density at radius 1 is 0.889 bits per heavy atom. The highest BCUT2D eigenvalue weighted by Crippen LogP contribution is 2.24. The summed E-state index contributed by atoms with van der Waals surface area (Å²) >= 11 is 10.9. The molecule has 0 heterocycles. The summed E-state index contributed by atoms with van der Waals surface area (Å²) in [5.41, 5.74) is 0.126. The Balaban J connectivity index is 0.000000405. The van der Waals surface area contributed by atoms with Crippen molar-refractivity contribution < 1.29 is 40.2 Å². The predicted octanol–water partition coefficient (Wildman–Crippen LogP) is 2.85. The largest absolute Gasteiger partial charge is 0.506 e. The van der Waals surface area contributed by atoms with Gasteiger partial charge in [-0.25, -0.2) is 9.59 Å². The van der Waals surface area contributed by atoms with Crippen molar-refractivity contribution in [2.45, 2.75) is 13.0 Å². The zero-order chi connectivity index (χ0) is 21.1. The van der Waals surface area contributed by atoms with Gasteiger partial charge in [0.05, 0.1) is 33.9 Å². The number of phenolic OH excluding ortho intramolecular Hbond substituents is 2. The van der Waals surface area contributed by atoms with E-state index in [1.807, 2.05) is 0 Å². The summed E-state index contributed by atoms with van der Waals surface area (Å²) in [6, 6.07) is 7.43. The van der Waals surface area contributed by atoms with Crippen LogP contribution in [-0.4, -0.2) is 55.3 Å². The van der Waals surface area contributed by atoms with Crippen molar-refractivity contribution in [2.75, 3.05) is 6.61 Å². The van der Waals surface area contributed by atoms with Gasteiger partial charge in [-0.05, 0) is 43.3 Å². The van der Waals surface area contributed by atoms with E-state index in [4.69, 9.17) is 53.8 Å². The lowest BCUT2D eigenvalue weighted by Gasteiger charge is -1.96. The third kappa shape index (κ3) is 9.66. The van der Waals surface area contributed by atoms with Crippen LogP contribution in [-0.2, 0) is 0 Å². The first-order chi connectivity index (χ1) is 12.5. The molecular formula is C17H18Cl2O8. The van der Waals surface area contributed by atoms with Crippen LogP contribution in [0.25, 0.3) is 0 Å². The van der Waals surface area contributed by atoms with Gasteiger partial charge in [0.2, 0.25) is 0 Å².